The van der Waals surface area contributed by atoms with Crippen LogP contribution in [0.3, 0.4) is 0 Å². The molecule has 0 saturated carbocycles. The molecule has 2 rings (SSSR count). The second-order valence-electron chi connectivity index (χ2n) is 3.39. The normalized spacial score (nSPS) is 10.5. The lowest BCUT2D eigenvalue weighted by Gasteiger charge is -1.95. The van der Waals surface area contributed by atoms with Crippen molar-refractivity contribution in [3.8, 4) is 10.6 Å². The summed E-state index contributed by atoms with van der Waals surface area (Å²) in [5.41, 5.74) is 0.863. The largest absolute Gasteiger partial charge is 0.244 e. The van der Waals surface area contributed by atoms with Gasteiger partial charge in [0.2, 0.25) is 0 Å². The molecule has 0 radical (unpaired) electrons. The van der Waals surface area contributed by atoms with Gasteiger partial charge in [-0.3, -0.25) is 0 Å². The second-order valence-corrected chi connectivity index (χ2v) is 4.51. The van der Waals surface area contributed by atoms with Crippen molar-refractivity contribution >= 4 is 11.3 Å². The maximum absolute atomic E-state index is 13.0. The van der Waals surface area contributed by atoms with Gasteiger partial charge in [-0.2, -0.15) is 0 Å². The maximum Gasteiger partial charge on any atom is 0.123 e. The summed E-state index contributed by atoms with van der Waals surface area (Å²) in [5, 5.41) is 0.901. The summed E-state index contributed by atoms with van der Waals surface area (Å²) in [4.78, 5) is 5.56. The van der Waals surface area contributed by atoms with Crippen LogP contribution in [0.5, 0.6) is 0 Å². The lowest BCUT2D eigenvalue weighted by Crippen LogP contribution is -1.77. The number of aromatic nitrogens is 1. The summed E-state index contributed by atoms with van der Waals surface area (Å²) in [6.07, 6.45) is 4.05. The average molecular weight is 221 g/mol. The Labute approximate surface area is 92.6 Å². The fraction of sp³-hybridized carbons (Fsp3) is 0.250. The minimum atomic E-state index is -0.209. The van der Waals surface area contributed by atoms with Crippen molar-refractivity contribution < 1.29 is 4.39 Å². The number of nitrogens with zero attached hydrogens (tertiary/aromatic N) is 1. The number of halogens is 1. The molecule has 0 N–H and O–H groups in total. The van der Waals surface area contributed by atoms with E-state index in [0.717, 1.165) is 23.4 Å². The molecule has 0 amide bonds. The van der Waals surface area contributed by atoms with Gasteiger partial charge in [0.15, 0.2) is 0 Å². The third-order valence-corrected chi connectivity index (χ3v) is 3.23. The van der Waals surface area contributed by atoms with Crippen molar-refractivity contribution in [3.05, 3.63) is 41.2 Å². The Balaban J connectivity index is 2.29. The Morgan fingerprint density at radius 1 is 1.40 bits per heavy atom. The van der Waals surface area contributed by atoms with Crippen molar-refractivity contribution in [1.82, 2.24) is 4.98 Å². The average Bonchev–Trinajstić information content (AvgIpc) is 2.67. The van der Waals surface area contributed by atoms with Gasteiger partial charge in [0.25, 0.3) is 0 Å². The molecule has 78 valence electrons. The Kier molecular flexibility index (Phi) is 3.11. The Hall–Kier alpha value is -1.22. The summed E-state index contributed by atoms with van der Waals surface area (Å²) in [7, 11) is 0. The first-order valence-electron chi connectivity index (χ1n) is 5.00. The van der Waals surface area contributed by atoms with Crippen LogP contribution in [0.1, 0.15) is 18.2 Å². The highest BCUT2D eigenvalue weighted by Gasteiger charge is 2.04. The Morgan fingerprint density at radius 2 is 2.27 bits per heavy atom. The minimum Gasteiger partial charge on any atom is -0.244 e. The van der Waals surface area contributed by atoms with Gasteiger partial charge in [-0.05, 0) is 18.6 Å². The molecule has 1 aromatic carbocycles. The molecular weight excluding hydrogens is 209 g/mol. The standard InChI is InChI=1S/C12H12FNS/c1-2-4-11-8-14-12(15-11)9-5-3-6-10(13)7-9/h3,5-8H,2,4H2,1H3. The Morgan fingerprint density at radius 3 is 3.00 bits per heavy atom. The van der Waals surface area contributed by atoms with Crippen LogP contribution in [0.2, 0.25) is 0 Å². The summed E-state index contributed by atoms with van der Waals surface area (Å²) in [5.74, 6) is -0.209. The zero-order chi connectivity index (χ0) is 10.7. The van der Waals surface area contributed by atoms with E-state index in [1.54, 1.807) is 17.4 Å². The molecule has 0 atom stereocenters. The summed E-state index contributed by atoms with van der Waals surface area (Å²) in [6.45, 7) is 2.14. The van der Waals surface area contributed by atoms with Crippen molar-refractivity contribution in [3.63, 3.8) is 0 Å². The van der Waals surface area contributed by atoms with Crippen molar-refractivity contribution in [2.45, 2.75) is 19.8 Å². The molecule has 15 heavy (non-hydrogen) atoms. The summed E-state index contributed by atoms with van der Waals surface area (Å²) >= 11 is 1.64. The van der Waals surface area contributed by atoms with Gasteiger partial charge in [0, 0.05) is 16.6 Å². The highest BCUT2D eigenvalue weighted by atomic mass is 32.1. The maximum atomic E-state index is 13.0. The second kappa shape index (κ2) is 4.53. The topological polar surface area (TPSA) is 12.9 Å². The van der Waals surface area contributed by atoms with Gasteiger partial charge >= 0.3 is 0 Å². The van der Waals surface area contributed by atoms with Crippen LogP contribution in [-0.2, 0) is 6.42 Å². The molecule has 0 aliphatic heterocycles. The van der Waals surface area contributed by atoms with Crippen LogP contribution in [0.4, 0.5) is 4.39 Å². The molecule has 1 heterocycles. The molecule has 3 heteroatoms. The predicted molar refractivity (Wildman–Crippen MR) is 61.5 cm³/mol. The number of thiazole rings is 1. The van der Waals surface area contributed by atoms with E-state index >= 15 is 0 Å². The van der Waals surface area contributed by atoms with Crippen LogP contribution >= 0.6 is 11.3 Å². The molecule has 1 aromatic heterocycles. The lowest BCUT2D eigenvalue weighted by atomic mass is 10.2. The number of benzene rings is 1. The predicted octanol–water partition coefficient (Wildman–Crippen LogP) is 3.90. The van der Waals surface area contributed by atoms with E-state index in [1.165, 1.54) is 17.0 Å². The van der Waals surface area contributed by atoms with E-state index < -0.39 is 0 Å². The van der Waals surface area contributed by atoms with E-state index in [-0.39, 0.29) is 5.82 Å². The quantitative estimate of drug-likeness (QED) is 0.766. The molecule has 0 aliphatic carbocycles. The fourth-order valence-corrected chi connectivity index (χ4v) is 2.43. The smallest absolute Gasteiger partial charge is 0.123 e. The van der Waals surface area contributed by atoms with E-state index in [4.69, 9.17) is 0 Å². The molecule has 0 bridgehead atoms. The molecule has 0 aliphatic rings. The van der Waals surface area contributed by atoms with Crippen molar-refractivity contribution in [1.29, 1.82) is 0 Å². The summed E-state index contributed by atoms with van der Waals surface area (Å²) in [6, 6.07) is 6.57. The number of hydrogen-bond acceptors (Lipinski definition) is 2. The molecule has 0 saturated heterocycles. The highest BCUT2D eigenvalue weighted by molar-refractivity contribution is 7.15. The monoisotopic (exact) mass is 221 g/mol. The van der Waals surface area contributed by atoms with Crippen LogP contribution in [-0.4, -0.2) is 4.98 Å². The van der Waals surface area contributed by atoms with E-state index in [2.05, 4.69) is 11.9 Å². The first kappa shape index (κ1) is 10.3. The minimum absolute atomic E-state index is 0.209. The van der Waals surface area contributed by atoms with E-state index in [0.29, 0.717) is 0 Å². The third kappa shape index (κ3) is 2.42. The SMILES string of the molecule is CCCc1cnc(-c2cccc(F)c2)s1. The van der Waals surface area contributed by atoms with Crippen LogP contribution in [0.25, 0.3) is 10.6 Å². The number of hydrogen-bond donors (Lipinski definition) is 0. The van der Waals surface area contributed by atoms with E-state index in [1.807, 2.05) is 12.3 Å². The number of rotatable bonds is 3. The lowest BCUT2D eigenvalue weighted by molar-refractivity contribution is 0.628. The third-order valence-electron chi connectivity index (χ3n) is 2.12. The van der Waals surface area contributed by atoms with Gasteiger partial charge in [-0.25, -0.2) is 9.37 Å². The van der Waals surface area contributed by atoms with E-state index in [9.17, 15) is 4.39 Å². The van der Waals surface area contributed by atoms with Crippen LogP contribution in [0, 0.1) is 5.82 Å². The van der Waals surface area contributed by atoms with Gasteiger partial charge < -0.3 is 0 Å². The Bertz CT molecular complexity index is 450. The van der Waals surface area contributed by atoms with Crippen molar-refractivity contribution in [2.75, 3.05) is 0 Å². The molecule has 2 aromatic rings. The molecule has 0 unspecified atom stereocenters. The molecular formula is C12H12FNS. The fourth-order valence-electron chi connectivity index (χ4n) is 1.42. The zero-order valence-corrected chi connectivity index (χ0v) is 9.35. The number of aryl methyl sites for hydroxylation is 1. The summed E-state index contributed by atoms with van der Waals surface area (Å²) < 4.78 is 13.0. The molecule has 0 spiro atoms. The first-order chi connectivity index (χ1) is 7.29. The van der Waals surface area contributed by atoms with Crippen LogP contribution in [0.15, 0.2) is 30.5 Å². The zero-order valence-electron chi connectivity index (χ0n) is 8.53. The van der Waals surface area contributed by atoms with Gasteiger partial charge in [-0.15, -0.1) is 11.3 Å². The molecule has 1 nitrogen and oxygen atoms in total. The van der Waals surface area contributed by atoms with Crippen molar-refractivity contribution in [2.24, 2.45) is 0 Å². The van der Waals surface area contributed by atoms with Gasteiger partial charge in [0.1, 0.15) is 10.8 Å². The van der Waals surface area contributed by atoms with Gasteiger partial charge in [-0.1, -0.05) is 25.5 Å². The highest BCUT2D eigenvalue weighted by Crippen LogP contribution is 2.26. The van der Waals surface area contributed by atoms with Gasteiger partial charge in [0.05, 0.1) is 0 Å². The van der Waals surface area contributed by atoms with Crippen LogP contribution < -0.4 is 0 Å². The molecule has 0 fully saturated rings. The first-order valence-corrected chi connectivity index (χ1v) is 5.82.